The Morgan fingerprint density at radius 3 is 1.78 bits per heavy atom. The molecular weight excluding hydrogens is 621 g/mol. The number of para-hydroxylation sites is 4. The van der Waals surface area contributed by atoms with Crippen molar-refractivity contribution in [2.24, 2.45) is 0 Å². The van der Waals surface area contributed by atoms with Crippen LogP contribution in [0.2, 0.25) is 0 Å². The van der Waals surface area contributed by atoms with Crippen LogP contribution in [0.1, 0.15) is 32.9 Å². The van der Waals surface area contributed by atoms with Gasteiger partial charge >= 0.3 is 0 Å². The van der Waals surface area contributed by atoms with Crippen molar-refractivity contribution >= 4 is 65.6 Å². The van der Waals surface area contributed by atoms with Crippen LogP contribution in [-0.2, 0) is 0 Å². The van der Waals surface area contributed by atoms with Crippen LogP contribution in [0.15, 0.2) is 186 Å². The van der Waals surface area contributed by atoms with Gasteiger partial charge in [0.1, 0.15) is 11.2 Å². The Morgan fingerprint density at radius 2 is 1.02 bits per heavy atom. The molecule has 238 valence electrons. The normalized spacial score (nSPS) is 18.5. The van der Waals surface area contributed by atoms with Crippen LogP contribution < -0.4 is 0 Å². The summed E-state index contributed by atoms with van der Waals surface area (Å²) in [6.07, 6.45) is 0. The molecule has 0 bridgehead atoms. The number of furan rings is 1. The van der Waals surface area contributed by atoms with Crippen LogP contribution in [0.4, 0.5) is 0 Å². The van der Waals surface area contributed by atoms with E-state index < -0.39 is 211 Å². The Hall–Kier alpha value is -6.84. The van der Waals surface area contributed by atoms with E-state index in [1.165, 1.54) is 12.1 Å². The SMILES string of the molecule is [2H]c1c([2H])c([2H])c(-c2c([2H])c([2H])c([2H])c(-c3ccc4oc5ccccc5c4c3-n3c4c([2H])c([2H])c([2H])c([2H])c4c4c([2H])c(-n5c6c([2H])c([2H])c([2H])c([2H])c6c6c([2H])c([2H])c([2H])c([2H])c65)c([2H])c([2H])c43)c2[2H])c([2H])c1[2H]. The van der Waals surface area contributed by atoms with Crippen LogP contribution in [0.3, 0.4) is 0 Å². The van der Waals surface area contributed by atoms with Crippen LogP contribution >= 0.6 is 0 Å². The third kappa shape index (κ3) is 4.12. The first-order chi connectivity index (χ1) is 35.3. The Kier molecular flexibility index (Phi) is 2.86. The van der Waals surface area contributed by atoms with Gasteiger partial charge in [-0.25, -0.2) is 0 Å². The van der Waals surface area contributed by atoms with E-state index in [0.717, 1.165) is 9.13 Å². The van der Waals surface area contributed by atoms with Gasteiger partial charge in [0.2, 0.25) is 0 Å². The Morgan fingerprint density at radius 1 is 0.412 bits per heavy atom. The van der Waals surface area contributed by atoms with Gasteiger partial charge in [0, 0.05) is 38.2 Å². The number of aromatic nitrogens is 2. The van der Waals surface area contributed by atoms with E-state index in [9.17, 15) is 9.60 Å². The molecule has 3 heterocycles. The highest BCUT2D eigenvalue weighted by atomic mass is 16.3. The van der Waals surface area contributed by atoms with E-state index in [2.05, 4.69) is 0 Å². The molecule has 11 rings (SSSR count). The molecule has 51 heavy (non-hydrogen) atoms. The number of hydrogen-bond acceptors (Lipinski definition) is 1. The summed E-state index contributed by atoms with van der Waals surface area (Å²) in [7, 11) is 0. The molecule has 0 unspecified atom stereocenters. The maximum Gasteiger partial charge on any atom is 0.137 e. The molecule has 0 radical (unpaired) electrons. The van der Waals surface area contributed by atoms with Crippen LogP contribution in [0.25, 0.3) is 99.2 Å². The Bertz CT molecular complexity index is 4430. The fourth-order valence-electron chi connectivity index (χ4n) is 6.70. The largest absolute Gasteiger partial charge is 0.456 e. The van der Waals surface area contributed by atoms with Crippen molar-refractivity contribution in [3.05, 3.63) is 181 Å². The van der Waals surface area contributed by atoms with Gasteiger partial charge in [-0.15, -0.1) is 0 Å². The Labute approximate surface area is 327 Å². The second-order valence-electron chi connectivity index (χ2n) is 11.5. The summed E-state index contributed by atoms with van der Waals surface area (Å²) in [6, 6.07) is -10.1. The zero-order valence-corrected chi connectivity index (χ0v) is 25.8. The van der Waals surface area contributed by atoms with Gasteiger partial charge in [-0.1, -0.05) is 121 Å². The van der Waals surface area contributed by atoms with Gasteiger partial charge < -0.3 is 13.6 Å². The predicted octanol–water partition coefficient (Wildman–Crippen LogP) is 13.1. The molecule has 11 aromatic rings. The molecule has 0 aliphatic rings. The lowest BCUT2D eigenvalue weighted by Gasteiger charge is -2.17. The maximum absolute atomic E-state index is 10.1. The summed E-state index contributed by atoms with van der Waals surface area (Å²) in [5.74, 6) is 0. The van der Waals surface area contributed by atoms with Crippen LogP contribution in [0, 0.1) is 0 Å². The summed E-state index contributed by atoms with van der Waals surface area (Å²) in [6.45, 7) is 0. The molecule has 0 saturated carbocycles. The second kappa shape index (κ2) is 10.8. The van der Waals surface area contributed by atoms with Gasteiger partial charge in [-0.3, -0.25) is 0 Å². The molecule has 0 spiro atoms. The molecule has 0 atom stereocenters. The highest BCUT2D eigenvalue weighted by Crippen LogP contribution is 2.44. The van der Waals surface area contributed by atoms with Gasteiger partial charge in [-0.2, -0.15) is 0 Å². The minimum absolute atomic E-state index is 0.0757. The molecule has 0 saturated heterocycles. The molecule has 8 aromatic carbocycles. The number of hydrogen-bond donors (Lipinski definition) is 0. The van der Waals surface area contributed by atoms with Crippen molar-refractivity contribution in [3.8, 4) is 33.6 Å². The molecule has 3 heteroatoms. The van der Waals surface area contributed by atoms with Crippen molar-refractivity contribution in [1.29, 1.82) is 0 Å². The predicted molar refractivity (Wildman–Crippen MR) is 213 cm³/mol. The maximum atomic E-state index is 10.1. The molecule has 0 fully saturated rings. The fraction of sp³-hybridized carbons (Fsp3) is 0. The quantitative estimate of drug-likeness (QED) is 0.182. The summed E-state index contributed by atoms with van der Waals surface area (Å²) < 4.78 is 225. The number of nitrogens with zero attached hydrogens (tertiary/aromatic N) is 2. The molecular formula is C48H30N2O. The fourth-order valence-corrected chi connectivity index (χ4v) is 6.70. The molecule has 0 N–H and O–H groups in total. The minimum atomic E-state index is -0.908. The van der Waals surface area contributed by atoms with E-state index in [0.29, 0.717) is 5.39 Å². The molecule has 0 aliphatic carbocycles. The lowest BCUT2D eigenvalue weighted by molar-refractivity contribution is 0.669. The van der Waals surface area contributed by atoms with E-state index >= 15 is 0 Å². The number of rotatable bonds is 4. The van der Waals surface area contributed by atoms with E-state index in [1.807, 2.05) is 0 Å². The van der Waals surface area contributed by atoms with Crippen molar-refractivity contribution < 1.29 is 37.3 Å². The number of benzene rings is 8. The van der Waals surface area contributed by atoms with Crippen molar-refractivity contribution in [1.82, 2.24) is 9.13 Å². The minimum Gasteiger partial charge on any atom is -0.456 e. The van der Waals surface area contributed by atoms with E-state index in [1.54, 1.807) is 24.3 Å². The Balaban J connectivity index is 1.41. The monoisotopic (exact) mass is 674 g/mol. The summed E-state index contributed by atoms with van der Waals surface area (Å²) >= 11 is 0. The second-order valence-corrected chi connectivity index (χ2v) is 11.5. The summed E-state index contributed by atoms with van der Waals surface area (Å²) in [4.78, 5) is 0. The van der Waals surface area contributed by atoms with Crippen molar-refractivity contribution in [2.75, 3.05) is 0 Å². The zero-order chi connectivity index (χ0) is 54.4. The van der Waals surface area contributed by atoms with Crippen molar-refractivity contribution in [3.63, 3.8) is 0 Å². The van der Waals surface area contributed by atoms with Crippen LogP contribution in [-0.4, -0.2) is 9.13 Å². The van der Waals surface area contributed by atoms with Gasteiger partial charge in [0.15, 0.2) is 0 Å². The van der Waals surface area contributed by atoms with Gasteiger partial charge in [0.25, 0.3) is 0 Å². The van der Waals surface area contributed by atoms with Gasteiger partial charge in [-0.05, 0) is 77.2 Å². The third-order valence-corrected chi connectivity index (χ3v) is 8.78. The highest BCUT2D eigenvalue weighted by molar-refractivity contribution is 6.17. The van der Waals surface area contributed by atoms with Gasteiger partial charge in [0.05, 0.1) is 66.0 Å². The van der Waals surface area contributed by atoms with E-state index in [-0.39, 0.29) is 27.8 Å². The molecule has 3 nitrogen and oxygen atoms in total. The zero-order valence-electron chi connectivity index (χ0n) is 49.8. The smallest absolute Gasteiger partial charge is 0.137 e. The highest BCUT2D eigenvalue weighted by Gasteiger charge is 2.23. The van der Waals surface area contributed by atoms with E-state index in [4.69, 9.17) is 27.7 Å². The first-order valence-corrected chi connectivity index (χ1v) is 15.5. The first kappa shape index (κ1) is 13.5. The van der Waals surface area contributed by atoms with Crippen molar-refractivity contribution in [2.45, 2.75) is 0 Å². The van der Waals surface area contributed by atoms with Crippen LogP contribution in [0.5, 0.6) is 0 Å². The lowest BCUT2D eigenvalue weighted by Crippen LogP contribution is -1.99. The number of fused-ring (bicyclic) bond motifs is 9. The average Bonchev–Trinajstić information content (AvgIpc) is 4.14. The topological polar surface area (TPSA) is 23.0 Å². The summed E-state index contributed by atoms with van der Waals surface area (Å²) in [5, 5.41) is -1.34. The lowest BCUT2D eigenvalue weighted by atomic mass is 9.96. The molecule has 0 aliphatic heterocycles. The average molecular weight is 675 g/mol. The first-order valence-electron chi connectivity index (χ1n) is 27.5. The summed E-state index contributed by atoms with van der Waals surface area (Å²) in [5.41, 5.74) is -4.53. The standard InChI is InChI=1S/C48H30N2O/c1-2-13-31(14-3-1)32-15-12-16-33(29-32)35-26-28-46-47(39-20-7-11-24-45(39)51-46)48(35)50-43-23-10-6-19-38(43)40-30-34(25-27-44(40)50)49-41-21-8-4-17-36(41)37-18-5-9-22-42(37)49/h1-30H/i1D,2D,3D,4D,5D,6D,8D,9D,10D,12D,13D,14D,15D,16D,17D,18D,19D,21D,22D,23D,25D,27D,29D,30D. The molecule has 0 amide bonds. The third-order valence-electron chi connectivity index (χ3n) is 8.78. The molecule has 3 aromatic heterocycles.